The molecule has 15 heavy (non-hydrogen) atoms. The molecule has 0 aromatic heterocycles. The summed E-state index contributed by atoms with van der Waals surface area (Å²) in [5, 5.41) is 0.697. The molecule has 0 heterocycles. The Hall–Kier alpha value is -0.990. The first-order chi connectivity index (χ1) is 7.15. The van der Waals surface area contributed by atoms with E-state index in [2.05, 4.69) is 12.2 Å². The Morgan fingerprint density at radius 3 is 2.60 bits per heavy atom. The Morgan fingerprint density at radius 2 is 2.00 bits per heavy atom. The molecule has 0 fully saturated rings. The van der Waals surface area contributed by atoms with Crippen molar-refractivity contribution >= 4 is 11.6 Å². The van der Waals surface area contributed by atoms with Crippen LogP contribution in [0.3, 0.4) is 0 Å². The lowest BCUT2D eigenvalue weighted by Crippen LogP contribution is -2.33. The van der Waals surface area contributed by atoms with Gasteiger partial charge in [0.15, 0.2) is 0 Å². The maximum Gasteiger partial charge on any atom is 0.124 e. The van der Waals surface area contributed by atoms with E-state index in [1.54, 1.807) is 7.11 Å². The van der Waals surface area contributed by atoms with Gasteiger partial charge in [0.05, 0.1) is 12.6 Å². The van der Waals surface area contributed by atoms with Crippen molar-refractivity contribution in [1.29, 1.82) is 0 Å². The molecule has 0 unspecified atom stereocenters. The molecule has 0 spiro atoms. The summed E-state index contributed by atoms with van der Waals surface area (Å²) in [4.78, 5) is 0. The number of nitrogens with two attached hydrogens (primary N) is 1. The van der Waals surface area contributed by atoms with Gasteiger partial charge in [-0.15, -0.1) is 0 Å². The molecule has 1 aliphatic rings. The van der Waals surface area contributed by atoms with Crippen LogP contribution >= 0.6 is 11.6 Å². The molecule has 0 aliphatic heterocycles. The van der Waals surface area contributed by atoms with Crippen LogP contribution in [0.15, 0.2) is 30.4 Å². The van der Waals surface area contributed by atoms with Crippen LogP contribution in [0.25, 0.3) is 0 Å². The fraction of sp³-hybridized carbons (Fsp3) is 0.333. The molecule has 2 rings (SSSR count). The Bertz CT molecular complexity index is 393. The molecule has 0 radical (unpaired) electrons. The SMILES string of the molecule is COc1ccc(Cl)cc1C1(N)CC=CC1. The highest BCUT2D eigenvalue weighted by Crippen LogP contribution is 2.38. The van der Waals surface area contributed by atoms with E-state index in [9.17, 15) is 0 Å². The largest absolute Gasteiger partial charge is 0.496 e. The number of hydrogen-bond donors (Lipinski definition) is 1. The van der Waals surface area contributed by atoms with Crippen molar-refractivity contribution in [2.75, 3.05) is 7.11 Å². The fourth-order valence-electron chi connectivity index (χ4n) is 1.96. The van der Waals surface area contributed by atoms with Crippen LogP contribution in [0.2, 0.25) is 5.02 Å². The lowest BCUT2D eigenvalue weighted by molar-refractivity contribution is 0.384. The van der Waals surface area contributed by atoms with Crippen LogP contribution in [0.5, 0.6) is 5.75 Å². The van der Waals surface area contributed by atoms with E-state index in [0.29, 0.717) is 5.02 Å². The minimum atomic E-state index is -0.351. The second kappa shape index (κ2) is 3.87. The number of benzene rings is 1. The average Bonchev–Trinajstić information content (AvgIpc) is 2.66. The van der Waals surface area contributed by atoms with E-state index in [1.807, 2.05) is 18.2 Å². The van der Waals surface area contributed by atoms with Gasteiger partial charge >= 0.3 is 0 Å². The molecule has 0 bridgehead atoms. The van der Waals surface area contributed by atoms with Crippen LogP contribution < -0.4 is 10.5 Å². The molecule has 2 nitrogen and oxygen atoms in total. The number of methoxy groups -OCH3 is 1. The van der Waals surface area contributed by atoms with Crippen LogP contribution in [0.4, 0.5) is 0 Å². The fourth-order valence-corrected chi connectivity index (χ4v) is 2.13. The summed E-state index contributed by atoms with van der Waals surface area (Å²) >= 11 is 5.98. The van der Waals surface area contributed by atoms with Crippen molar-refractivity contribution in [3.05, 3.63) is 40.9 Å². The highest BCUT2D eigenvalue weighted by Gasteiger charge is 2.31. The van der Waals surface area contributed by atoms with Gasteiger partial charge in [-0.2, -0.15) is 0 Å². The maximum absolute atomic E-state index is 6.32. The number of ether oxygens (including phenoxy) is 1. The third kappa shape index (κ3) is 1.87. The molecule has 0 saturated carbocycles. The first-order valence-corrected chi connectivity index (χ1v) is 5.31. The smallest absolute Gasteiger partial charge is 0.124 e. The van der Waals surface area contributed by atoms with Gasteiger partial charge in [0.25, 0.3) is 0 Å². The third-order valence-corrected chi connectivity index (χ3v) is 3.06. The van der Waals surface area contributed by atoms with Crippen molar-refractivity contribution in [3.8, 4) is 5.75 Å². The van der Waals surface area contributed by atoms with E-state index >= 15 is 0 Å². The van der Waals surface area contributed by atoms with Gasteiger partial charge in [0.1, 0.15) is 5.75 Å². The Morgan fingerprint density at radius 1 is 1.33 bits per heavy atom. The monoisotopic (exact) mass is 223 g/mol. The molecular formula is C12H14ClNO. The van der Waals surface area contributed by atoms with E-state index in [-0.39, 0.29) is 5.54 Å². The van der Waals surface area contributed by atoms with E-state index in [1.165, 1.54) is 0 Å². The van der Waals surface area contributed by atoms with Gasteiger partial charge < -0.3 is 10.5 Å². The minimum Gasteiger partial charge on any atom is -0.496 e. The van der Waals surface area contributed by atoms with Gasteiger partial charge in [-0.3, -0.25) is 0 Å². The van der Waals surface area contributed by atoms with Crippen LogP contribution in [-0.2, 0) is 5.54 Å². The zero-order valence-corrected chi connectivity index (χ0v) is 9.42. The molecule has 80 valence electrons. The van der Waals surface area contributed by atoms with Crippen molar-refractivity contribution in [3.63, 3.8) is 0 Å². The van der Waals surface area contributed by atoms with Crippen molar-refractivity contribution < 1.29 is 4.74 Å². The minimum absolute atomic E-state index is 0.351. The summed E-state index contributed by atoms with van der Waals surface area (Å²) in [6, 6.07) is 5.58. The second-order valence-corrected chi connectivity index (χ2v) is 4.32. The molecule has 1 aromatic rings. The third-order valence-electron chi connectivity index (χ3n) is 2.83. The molecule has 0 saturated heterocycles. The molecule has 1 aliphatic carbocycles. The summed E-state index contributed by atoms with van der Waals surface area (Å²) in [5.74, 6) is 0.811. The van der Waals surface area contributed by atoms with E-state index < -0.39 is 0 Å². The second-order valence-electron chi connectivity index (χ2n) is 3.88. The number of rotatable bonds is 2. The van der Waals surface area contributed by atoms with E-state index in [0.717, 1.165) is 24.2 Å². The van der Waals surface area contributed by atoms with Crippen molar-refractivity contribution in [2.45, 2.75) is 18.4 Å². The van der Waals surface area contributed by atoms with Crippen LogP contribution in [-0.4, -0.2) is 7.11 Å². The molecule has 1 aromatic carbocycles. The van der Waals surface area contributed by atoms with Crippen LogP contribution in [0, 0.1) is 0 Å². The first kappa shape index (κ1) is 10.5. The molecule has 3 heteroatoms. The average molecular weight is 224 g/mol. The van der Waals surface area contributed by atoms with Crippen molar-refractivity contribution in [2.24, 2.45) is 5.73 Å². The van der Waals surface area contributed by atoms with Gasteiger partial charge in [-0.25, -0.2) is 0 Å². The summed E-state index contributed by atoms with van der Waals surface area (Å²) in [6.45, 7) is 0. The van der Waals surface area contributed by atoms with E-state index in [4.69, 9.17) is 22.1 Å². The Balaban J connectivity index is 2.45. The quantitative estimate of drug-likeness (QED) is 0.783. The van der Waals surface area contributed by atoms with Crippen molar-refractivity contribution in [1.82, 2.24) is 0 Å². The Labute approximate surface area is 94.7 Å². The molecular weight excluding hydrogens is 210 g/mol. The highest BCUT2D eigenvalue weighted by molar-refractivity contribution is 6.30. The topological polar surface area (TPSA) is 35.2 Å². The summed E-state index contributed by atoms with van der Waals surface area (Å²) in [6.07, 6.45) is 5.87. The van der Waals surface area contributed by atoms with Gasteiger partial charge in [0, 0.05) is 10.6 Å². The van der Waals surface area contributed by atoms with Gasteiger partial charge in [-0.1, -0.05) is 23.8 Å². The number of hydrogen-bond acceptors (Lipinski definition) is 2. The zero-order valence-electron chi connectivity index (χ0n) is 8.66. The standard InChI is InChI=1S/C12H14ClNO/c1-15-11-5-4-9(13)8-10(11)12(14)6-2-3-7-12/h2-5,8H,6-7,14H2,1H3. The van der Waals surface area contributed by atoms with Gasteiger partial charge in [-0.05, 0) is 31.0 Å². The molecule has 0 amide bonds. The van der Waals surface area contributed by atoms with Crippen LogP contribution in [0.1, 0.15) is 18.4 Å². The predicted octanol–water partition coefficient (Wildman–Crippen LogP) is 2.85. The molecule has 0 atom stereocenters. The lowest BCUT2D eigenvalue weighted by atomic mass is 9.88. The Kier molecular flexibility index (Phi) is 2.72. The summed E-state index contributed by atoms with van der Waals surface area (Å²) in [7, 11) is 1.65. The maximum atomic E-state index is 6.32. The first-order valence-electron chi connectivity index (χ1n) is 4.94. The predicted molar refractivity (Wildman–Crippen MR) is 62.2 cm³/mol. The zero-order chi connectivity index (χ0) is 10.9. The summed E-state index contributed by atoms with van der Waals surface area (Å²) < 4.78 is 5.31. The normalized spacial score (nSPS) is 18.1. The number of halogens is 1. The highest BCUT2D eigenvalue weighted by atomic mass is 35.5. The lowest BCUT2D eigenvalue weighted by Gasteiger charge is -2.26. The summed E-state index contributed by atoms with van der Waals surface area (Å²) in [5.41, 5.74) is 6.96. The molecule has 2 N–H and O–H groups in total. The van der Waals surface area contributed by atoms with Gasteiger partial charge in [0.2, 0.25) is 0 Å².